The van der Waals surface area contributed by atoms with Gasteiger partial charge < -0.3 is 0 Å². The molecule has 0 fully saturated rings. The number of nitrogens with zero attached hydrogens (tertiary/aromatic N) is 2. The van der Waals surface area contributed by atoms with Gasteiger partial charge in [-0.15, -0.1) is 0 Å². The first-order valence-corrected chi connectivity index (χ1v) is 3.86. The minimum absolute atomic E-state index is 0.430. The van der Waals surface area contributed by atoms with Crippen molar-refractivity contribution in [2.75, 3.05) is 0 Å². The van der Waals surface area contributed by atoms with Crippen LogP contribution in [-0.2, 0) is 13.1 Å². The third-order valence-electron chi connectivity index (χ3n) is 1.83. The Morgan fingerprint density at radius 2 is 1.50 bits per heavy atom. The summed E-state index contributed by atoms with van der Waals surface area (Å²) in [5.41, 5.74) is 0. The van der Waals surface area contributed by atoms with Crippen LogP contribution in [-0.4, -0.2) is 16.7 Å². The quantitative estimate of drug-likeness (QED) is 0.562. The normalized spacial score (nSPS) is 14.2. The molecule has 1 rings (SSSR count). The molecule has 0 N–H and O–H groups in total. The Balaban J connectivity index is 3.21. The second-order valence-electron chi connectivity index (χ2n) is 3.10. The molecule has 0 aliphatic carbocycles. The van der Waals surface area contributed by atoms with Crippen LogP contribution < -0.4 is 4.57 Å². The fraction of sp³-hybridized carbons (Fsp3) is 0.571. The maximum atomic E-state index is 12.9. The highest BCUT2D eigenvalue weighted by Gasteiger charge is 2.77. The highest BCUT2D eigenvalue weighted by Crippen LogP contribution is 2.48. The Bertz CT molecular complexity index is 378. The second-order valence-corrected chi connectivity index (χ2v) is 3.10. The number of aryl methyl sites for hydroxylation is 1. The number of alkyl halides is 7. The molecule has 0 atom stereocenters. The lowest BCUT2D eigenvalue weighted by Crippen LogP contribution is -2.53. The summed E-state index contributed by atoms with van der Waals surface area (Å²) in [6.45, 7) is 0. The van der Waals surface area contributed by atoms with Gasteiger partial charge in [0.2, 0.25) is 6.33 Å². The Morgan fingerprint density at radius 3 is 1.81 bits per heavy atom. The van der Waals surface area contributed by atoms with E-state index in [0.717, 1.165) is 10.8 Å². The number of imidazole rings is 1. The van der Waals surface area contributed by atoms with Crippen molar-refractivity contribution in [2.24, 2.45) is 7.05 Å². The molecule has 1 heterocycles. The molecule has 16 heavy (non-hydrogen) atoms. The monoisotopic (exact) mass is 251 g/mol. The van der Waals surface area contributed by atoms with Crippen LogP contribution in [0.3, 0.4) is 0 Å². The zero-order valence-corrected chi connectivity index (χ0v) is 7.77. The molecular weight excluding hydrogens is 245 g/mol. The van der Waals surface area contributed by atoms with Crippen molar-refractivity contribution >= 4 is 0 Å². The van der Waals surface area contributed by atoms with E-state index < -0.39 is 22.7 Å². The lowest BCUT2D eigenvalue weighted by Gasteiger charge is -2.24. The molecule has 0 bridgehead atoms. The van der Waals surface area contributed by atoms with Crippen molar-refractivity contribution in [3.8, 4) is 0 Å². The highest BCUT2D eigenvalue weighted by atomic mass is 19.4. The highest BCUT2D eigenvalue weighted by molar-refractivity contribution is 4.90. The van der Waals surface area contributed by atoms with Crippen molar-refractivity contribution in [1.29, 1.82) is 0 Å². The van der Waals surface area contributed by atoms with E-state index in [-0.39, 0.29) is 0 Å². The first-order valence-electron chi connectivity index (χ1n) is 3.86. The minimum atomic E-state index is -6.32. The average Bonchev–Trinajstić information content (AvgIpc) is 2.49. The standard InChI is InChI=1S/C7H6F7N2/c1-15-2-3-16(4-15)7(13,14)5(8,9)6(10,11)12/h2-4H,1H3/q+1. The predicted octanol–water partition coefficient (Wildman–Crippen LogP) is 2.06. The molecule has 2 nitrogen and oxygen atoms in total. The first kappa shape index (κ1) is 12.8. The molecule has 0 saturated carbocycles. The summed E-state index contributed by atoms with van der Waals surface area (Å²) in [6, 6.07) is -5.37. The minimum Gasteiger partial charge on any atom is -0.239 e. The molecule has 0 amide bonds. The molecule has 1 aromatic rings. The Labute approximate surface area is 84.9 Å². The summed E-state index contributed by atoms with van der Waals surface area (Å²) >= 11 is 0. The van der Waals surface area contributed by atoms with Gasteiger partial charge in [0, 0.05) is 0 Å². The Morgan fingerprint density at radius 1 is 1.00 bits per heavy atom. The van der Waals surface area contributed by atoms with Crippen LogP contribution in [0.2, 0.25) is 0 Å². The van der Waals surface area contributed by atoms with Crippen molar-refractivity contribution in [3.63, 3.8) is 0 Å². The van der Waals surface area contributed by atoms with E-state index in [2.05, 4.69) is 0 Å². The smallest absolute Gasteiger partial charge is 0.239 e. The summed E-state index contributed by atoms with van der Waals surface area (Å²) in [4.78, 5) is 0. The molecule has 0 aromatic carbocycles. The van der Waals surface area contributed by atoms with E-state index in [1.165, 1.54) is 7.05 Å². The zero-order chi connectivity index (χ0) is 12.8. The summed E-state index contributed by atoms with van der Waals surface area (Å²) < 4.78 is 86.6. The Hall–Kier alpha value is -1.28. The van der Waals surface area contributed by atoms with E-state index in [4.69, 9.17) is 0 Å². The molecule has 0 aliphatic heterocycles. The van der Waals surface area contributed by atoms with Gasteiger partial charge in [0.05, 0.1) is 7.05 Å². The maximum Gasteiger partial charge on any atom is 0.472 e. The van der Waals surface area contributed by atoms with Crippen LogP contribution in [0.15, 0.2) is 18.7 Å². The molecule has 1 aromatic heterocycles. The molecule has 0 saturated heterocycles. The lowest BCUT2D eigenvalue weighted by molar-refractivity contribution is -0.672. The van der Waals surface area contributed by atoms with Crippen LogP contribution in [0, 0.1) is 0 Å². The fourth-order valence-electron chi connectivity index (χ4n) is 0.949. The van der Waals surface area contributed by atoms with E-state index in [9.17, 15) is 30.7 Å². The molecule has 9 heteroatoms. The second kappa shape index (κ2) is 3.36. The van der Waals surface area contributed by atoms with E-state index in [0.29, 0.717) is 12.5 Å². The van der Waals surface area contributed by atoms with Gasteiger partial charge in [-0.25, -0.2) is 4.57 Å². The van der Waals surface area contributed by atoms with Crippen LogP contribution in [0.1, 0.15) is 0 Å². The number of rotatable bonds is 2. The Kier molecular flexibility index (Phi) is 2.68. The first-order chi connectivity index (χ1) is 7.00. The molecule has 0 unspecified atom stereocenters. The van der Waals surface area contributed by atoms with Crippen molar-refractivity contribution in [3.05, 3.63) is 18.7 Å². The largest absolute Gasteiger partial charge is 0.472 e. The van der Waals surface area contributed by atoms with Crippen molar-refractivity contribution < 1.29 is 35.3 Å². The van der Waals surface area contributed by atoms with Gasteiger partial charge in [-0.05, 0) is 0 Å². The molecular formula is C7H6F7N2+. The number of hydrogen-bond donors (Lipinski definition) is 0. The van der Waals surface area contributed by atoms with Gasteiger partial charge in [-0.3, -0.25) is 0 Å². The van der Waals surface area contributed by atoms with Gasteiger partial charge in [0.1, 0.15) is 12.4 Å². The summed E-state index contributed by atoms with van der Waals surface area (Å²) in [7, 11) is 1.21. The summed E-state index contributed by atoms with van der Waals surface area (Å²) in [6.07, 6.45) is -4.54. The van der Waals surface area contributed by atoms with Crippen LogP contribution in [0.5, 0.6) is 0 Å². The molecule has 0 spiro atoms. The molecule has 0 aliphatic rings. The van der Waals surface area contributed by atoms with Crippen molar-refractivity contribution in [2.45, 2.75) is 18.1 Å². The average molecular weight is 251 g/mol. The molecule has 0 radical (unpaired) electrons. The van der Waals surface area contributed by atoms with Gasteiger partial charge in [0.15, 0.2) is 0 Å². The van der Waals surface area contributed by atoms with Gasteiger partial charge in [-0.1, -0.05) is 0 Å². The van der Waals surface area contributed by atoms with Crippen LogP contribution >= 0.6 is 0 Å². The molecule has 92 valence electrons. The van der Waals surface area contributed by atoms with Gasteiger partial charge in [0.25, 0.3) is 0 Å². The van der Waals surface area contributed by atoms with E-state index in [1.54, 1.807) is 0 Å². The van der Waals surface area contributed by atoms with Gasteiger partial charge in [-0.2, -0.15) is 35.3 Å². The topological polar surface area (TPSA) is 8.81 Å². The number of hydrogen-bond acceptors (Lipinski definition) is 0. The number of aromatic nitrogens is 2. The third-order valence-corrected chi connectivity index (χ3v) is 1.83. The number of halogens is 7. The fourth-order valence-corrected chi connectivity index (χ4v) is 0.949. The predicted molar refractivity (Wildman–Crippen MR) is 36.8 cm³/mol. The maximum absolute atomic E-state index is 12.9. The zero-order valence-electron chi connectivity index (χ0n) is 7.77. The van der Waals surface area contributed by atoms with E-state index in [1.807, 2.05) is 0 Å². The summed E-state index contributed by atoms with van der Waals surface area (Å²) in [5, 5.41) is 0. The lowest BCUT2D eigenvalue weighted by atomic mass is 10.2. The van der Waals surface area contributed by atoms with Crippen LogP contribution in [0.4, 0.5) is 30.7 Å². The van der Waals surface area contributed by atoms with Gasteiger partial charge >= 0.3 is 18.1 Å². The summed E-state index contributed by atoms with van der Waals surface area (Å²) in [5.74, 6) is -6.13. The third kappa shape index (κ3) is 1.74. The van der Waals surface area contributed by atoms with Crippen LogP contribution in [0.25, 0.3) is 0 Å². The SMILES string of the molecule is C[n+]1ccn(C(F)(F)C(F)(F)C(F)(F)F)c1. The van der Waals surface area contributed by atoms with Crippen molar-refractivity contribution in [1.82, 2.24) is 4.57 Å². The van der Waals surface area contributed by atoms with E-state index >= 15 is 0 Å².